The summed E-state index contributed by atoms with van der Waals surface area (Å²) < 4.78 is 3.44. The summed E-state index contributed by atoms with van der Waals surface area (Å²) in [4.78, 5) is 4.66. The second-order valence-electron chi connectivity index (χ2n) is 5.22. The van der Waals surface area contributed by atoms with Crippen molar-refractivity contribution in [1.29, 1.82) is 0 Å². The molecule has 21 heavy (non-hydrogen) atoms. The summed E-state index contributed by atoms with van der Waals surface area (Å²) in [5, 5.41) is 0. The average molecular weight is 411 g/mol. The molecule has 0 N–H and O–H groups in total. The lowest BCUT2D eigenvalue weighted by molar-refractivity contribution is 0.595. The van der Waals surface area contributed by atoms with Gasteiger partial charge < -0.3 is 4.57 Å². The molecular weight excluding hydrogens is 395 g/mol. The van der Waals surface area contributed by atoms with E-state index in [1.54, 1.807) is 0 Å². The molecule has 1 atom stereocenters. The Labute approximate surface area is 143 Å². The fourth-order valence-electron chi connectivity index (χ4n) is 2.62. The molecule has 0 bridgehead atoms. The molecule has 0 saturated carbocycles. The summed E-state index contributed by atoms with van der Waals surface area (Å²) in [6.07, 6.45) is 0. The van der Waals surface area contributed by atoms with Crippen molar-refractivity contribution < 1.29 is 0 Å². The van der Waals surface area contributed by atoms with E-state index in [1.165, 1.54) is 9.13 Å². The number of fused-ring (bicyclic) bond motifs is 1. The minimum Gasteiger partial charge on any atom is -0.326 e. The first-order valence-electron chi connectivity index (χ1n) is 6.94. The molecule has 1 aromatic heterocycles. The summed E-state index contributed by atoms with van der Waals surface area (Å²) in [6, 6.07) is 16.9. The second-order valence-corrected chi connectivity index (χ2v) is 6.73. The fraction of sp³-hybridized carbons (Fsp3) is 0.235. The summed E-state index contributed by atoms with van der Waals surface area (Å²) in [6.45, 7) is 3.13. The van der Waals surface area contributed by atoms with Crippen LogP contribution >= 0.6 is 34.2 Å². The van der Waals surface area contributed by atoms with Gasteiger partial charge in [-0.25, -0.2) is 4.98 Å². The quantitative estimate of drug-likeness (QED) is 0.428. The van der Waals surface area contributed by atoms with Crippen molar-refractivity contribution in [2.45, 2.75) is 25.3 Å². The maximum Gasteiger partial charge on any atom is 0.124 e. The first kappa shape index (κ1) is 14.9. The third kappa shape index (κ3) is 3.09. The van der Waals surface area contributed by atoms with Crippen molar-refractivity contribution in [3.63, 3.8) is 0 Å². The van der Waals surface area contributed by atoms with Gasteiger partial charge in [0.25, 0.3) is 0 Å². The average Bonchev–Trinajstić information content (AvgIpc) is 2.85. The van der Waals surface area contributed by atoms with Crippen LogP contribution in [0.1, 0.15) is 24.2 Å². The number of hydrogen-bond donors (Lipinski definition) is 0. The molecule has 2 nitrogen and oxygen atoms in total. The van der Waals surface area contributed by atoms with Gasteiger partial charge in [-0.05, 0) is 52.3 Å². The van der Waals surface area contributed by atoms with Crippen LogP contribution in [0.25, 0.3) is 11.0 Å². The SMILES string of the molecule is CC(Cn1c(CCl)nc2cc(I)ccc21)c1ccccc1. The number of aromatic nitrogens is 2. The van der Waals surface area contributed by atoms with Crippen LogP contribution in [0.15, 0.2) is 48.5 Å². The van der Waals surface area contributed by atoms with Crippen LogP contribution in [0.5, 0.6) is 0 Å². The molecule has 1 unspecified atom stereocenters. The van der Waals surface area contributed by atoms with E-state index in [0.29, 0.717) is 11.8 Å². The number of halogens is 2. The minimum absolute atomic E-state index is 0.421. The van der Waals surface area contributed by atoms with Crippen molar-refractivity contribution in [2.75, 3.05) is 0 Å². The van der Waals surface area contributed by atoms with Crippen molar-refractivity contribution >= 4 is 45.2 Å². The number of rotatable bonds is 4. The predicted octanol–water partition coefficient (Wildman–Crippen LogP) is 5.18. The highest BCUT2D eigenvalue weighted by molar-refractivity contribution is 14.1. The lowest BCUT2D eigenvalue weighted by Crippen LogP contribution is -2.09. The largest absolute Gasteiger partial charge is 0.326 e. The van der Waals surface area contributed by atoms with E-state index in [4.69, 9.17) is 11.6 Å². The topological polar surface area (TPSA) is 17.8 Å². The van der Waals surface area contributed by atoms with Crippen LogP contribution in [0.3, 0.4) is 0 Å². The van der Waals surface area contributed by atoms with Gasteiger partial charge in [-0.1, -0.05) is 37.3 Å². The first-order valence-corrected chi connectivity index (χ1v) is 8.56. The number of alkyl halides is 1. The Bertz CT molecular complexity index is 752. The maximum absolute atomic E-state index is 6.09. The third-order valence-electron chi connectivity index (χ3n) is 3.73. The molecule has 4 heteroatoms. The lowest BCUT2D eigenvalue weighted by Gasteiger charge is -2.15. The van der Waals surface area contributed by atoms with Gasteiger partial charge in [0.05, 0.1) is 16.9 Å². The Hall–Kier alpha value is -1.07. The van der Waals surface area contributed by atoms with Gasteiger partial charge in [0, 0.05) is 10.1 Å². The van der Waals surface area contributed by atoms with E-state index >= 15 is 0 Å². The Morgan fingerprint density at radius 1 is 1.19 bits per heavy atom. The van der Waals surface area contributed by atoms with Crippen molar-refractivity contribution in [3.8, 4) is 0 Å². The van der Waals surface area contributed by atoms with Crippen LogP contribution in [0.4, 0.5) is 0 Å². The van der Waals surface area contributed by atoms with Crippen LogP contribution in [0, 0.1) is 3.57 Å². The van der Waals surface area contributed by atoms with Gasteiger partial charge >= 0.3 is 0 Å². The molecule has 3 rings (SSSR count). The standard InChI is InChI=1S/C17H16ClIN2/c1-12(13-5-3-2-4-6-13)11-21-16-8-7-14(19)9-15(16)20-17(21)10-18/h2-9,12H,10-11H2,1H3. The smallest absolute Gasteiger partial charge is 0.124 e. The fourth-order valence-corrected chi connectivity index (χ4v) is 3.30. The van der Waals surface area contributed by atoms with E-state index in [1.807, 2.05) is 0 Å². The number of benzene rings is 2. The van der Waals surface area contributed by atoms with Crippen molar-refractivity contribution in [1.82, 2.24) is 9.55 Å². The Morgan fingerprint density at radius 2 is 1.95 bits per heavy atom. The molecule has 2 aromatic carbocycles. The van der Waals surface area contributed by atoms with Gasteiger partial charge in [0.15, 0.2) is 0 Å². The Morgan fingerprint density at radius 3 is 2.67 bits per heavy atom. The van der Waals surface area contributed by atoms with Crippen molar-refractivity contribution in [3.05, 3.63) is 63.5 Å². The zero-order valence-corrected chi connectivity index (χ0v) is 14.7. The lowest BCUT2D eigenvalue weighted by atomic mass is 10.0. The highest BCUT2D eigenvalue weighted by atomic mass is 127. The van der Waals surface area contributed by atoms with Crippen LogP contribution in [-0.2, 0) is 12.4 Å². The molecule has 0 saturated heterocycles. The van der Waals surface area contributed by atoms with Crippen LogP contribution in [0.2, 0.25) is 0 Å². The first-order chi connectivity index (χ1) is 10.2. The minimum atomic E-state index is 0.421. The molecule has 0 aliphatic rings. The zero-order chi connectivity index (χ0) is 14.8. The van der Waals surface area contributed by atoms with Gasteiger partial charge in [-0.15, -0.1) is 11.6 Å². The number of nitrogens with zero attached hydrogens (tertiary/aromatic N) is 2. The molecule has 3 aromatic rings. The monoisotopic (exact) mass is 410 g/mol. The second kappa shape index (κ2) is 6.36. The molecule has 1 heterocycles. The Kier molecular flexibility index (Phi) is 4.50. The summed E-state index contributed by atoms with van der Waals surface area (Å²) >= 11 is 8.40. The molecular formula is C17H16ClIN2. The van der Waals surface area contributed by atoms with Crippen LogP contribution < -0.4 is 0 Å². The van der Waals surface area contributed by atoms with E-state index in [0.717, 1.165) is 23.4 Å². The third-order valence-corrected chi connectivity index (χ3v) is 4.64. The number of hydrogen-bond acceptors (Lipinski definition) is 1. The predicted molar refractivity (Wildman–Crippen MR) is 96.9 cm³/mol. The van der Waals surface area contributed by atoms with Gasteiger partial charge in [-0.3, -0.25) is 0 Å². The number of imidazole rings is 1. The molecule has 108 valence electrons. The van der Waals surface area contributed by atoms with Gasteiger partial charge in [-0.2, -0.15) is 0 Å². The van der Waals surface area contributed by atoms with Gasteiger partial charge in [0.1, 0.15) is 5.82 Å². The molecule has 0 amide bonds. The summed E-state index contributed by atoms with van der Waals surface area (Å²) in [5.41, 5.74) is 3.53. The van der Waals surface area contributed by atoms with E-state index < -0.39 is 0 Å². The molecule has 0 radical (unpaired) electrons. The van der Waals surface area contributed by atoms with Crippen molar-refractivity contribution in [2.24, 2.45) is 0 Å². The maximum atomic E-state index is 6.09. The summed E-state index contributed by atoms with van der Waals surface area (Å²) in [5.74, 6) is 1.80. The zero-order valence-electron chi connectivity index (χ0n) is 11.8. The normalized spacial score (nSPS) is 12.7. The molecule has 0 spiro atoms. The highest BCUT2D eigenvalue weighted by Gasteiger charge is 2.14. The highest BCUT2D eigenvalue weighted by Crippen LogP contribution is 2.24. The molecule has 0 aliphatic carbocycles. The van der Waals surface area contributed by atoms with Crippen LogP contribution in [-0.4, -0.2) is 9.55 Å². The molecule has 0 fully saturated rings. The molecule has 0 aliphatic heterocycles. The van der Waals surface area contributed by atoms with Gasteiger partial charge in [0.2, 0.25) is 0 Å². The summed E-state index contributed by atoms with van der Waals surface area (Å²) in [7, 11) is 0. The van der Waals surface area contributed by atoms with E-state index in [9.17, 15) is 0 Å². The van der Waals surface area contributed by atoms with E-state index in [-0.39, 0.29) is 0 Å². The Balaban J connectivity index is 1.99. The van der Waals surface area contributed by atoms with E-state index in [2.05, 4.69) is 87.6 Å².